The fourth-order valence-corrected chi connectivity index (χ4v) is 8.05. The molecule has 2 nitrogen and oxygen atoms in total. The van der Waals surface area contributed by atoms with E-state index in [2.05, 4.69) is 121 Å². The summed E-state index contributed by atoms with van der Waals surface area (Å²) in [4.78, 5) is 10.1. The van der Waals surface area contributed by atoms with Crippen LogP contribution >= 0.6 is 0 Å². The first kappa shape index (κ1) is 25.2. The molecule has 0 N–H and O–H groups in total. The van der Waals surface area contributed by atoms with Gasteiger partial charge in [0, 0.05) is 17.8 Å². The summed E-state index contributed by atoms with van der Waals surface area (Å²) in [6, 6.07) is 28.6. The molecule has 0 aromatic heterocycles. The van der Waals surface area contributed by atoms with E-state index in [4.69, 9.17) is 9.98 Å². The molecule has 3 aliphatic carbocycles. The molecule has 3 aromatic carbocycles. The van der Waals surface area contributed by atoms with Crippen molar-refractivity contribution in [1.82, 2.24) is 0 Å². The minimum Gasteiger partial charge on any atom is -0.257 e. The Bertz CT molecular complexity index is 1900. The number of hydrogen-bond donors (Lipinski definition) is 0. The molecule has 0 spiro atoms. The molecule has 0 saturated carbocycles. The van der Waals surface area contributed by atoms with Gasteiger partial charge in [0.25, 0.3) is 0 Å². The lowest BCUT2D eigenvalue weighted by Gasteiger charge is -2.49. The van der Waals surface area contributed by atoms with E-state index in [1.165, 1.54) is 43.2 Å². The molecule has 0 fully saturated rings. The van der Waals surface area contributed by atoms with Gasteiger partial charge in [-0.1, -0.05) is 109 Å². The van der Waals surface area contributed by atoms with E-state index in [0.29, 0.717) is 11.8 Å². The number of fused-ring (bicyclic) bond motifs is 4. The van der Waals surface area contributed by atoms with Crippen LogP contribution in [0.25, 0.3) is 28.9 Å². The molecule has 8 rings (SSSR count). The fourth-order valence-electron chi connectivity index (χ4n) is 8.05. The van der Waals surface area contributed by atoms with Crippen LogP contribution in [0.15, 0.2) is 131 Å². The molecule has 2 unspecified atom stereocenters. The Labute approximate surface area is 247 Å². The normalized spacial score (nSPS) is 25.7. The molecule has 2 atom stereocenters. The highest BCUT2D eigenvalue weighted by Crippen LogP contribution is 2.58. The van der Waals surface area contributed by atoms with Crippen molar-refractivity contribution < 1.29 is 0 Å². The zero-order valence-corrected chi connectivity index (χ0v) is 23.8. The van der Waals surface area contributed by atoms with Crippen molar-refractivity contribution >= 4 is 41.3 Å². The zero-order chi connectivity index (χ0) is 27.9. The summed E-state index contributed by atoms with van der Waals surface area (Å²) in [5, 5.41) is 5.19. The van der Waals surface area contributed by atoms with Crippen LogP contribution in [0.4, 0.5) is 0 Å². The SMILES string of the molecule is C1=CC(C2CCC=C3N=CC=c4ccccc4=C32)(C2CCC=C3N=CC=c4ccccc4=C32)CC=C1c1ccccc1. The zero-order valence-electron chi connectivity index (χ0n) is 23.8. The van der Waals surface area contributed by atoms with E-state index in [-0.39, 0.29) is 5.41 Å². The molecule has 5 aliphatic rings. The molecule has 0 bridgehead atoms. The molecule has 0 radical (unpaired) electrons. The Hall–Kier alpha value is -4.56. The van der Waals surface area contributed by atoms with E-state index in [0.717, 1.165) is 43.5 Å². The first-order valence-corrected chi connectivity index (χ1v) is 15.3. The summed E-state index contributed by atoms with van der Waals surface area (Å²) in [7, 11) is 0. The van der Waals surface area contributed by atoms with Crippen LogP contribution < -0.4 is 20.9 Å². The lowest BCUT2D eigenvalue weighted by atomic mass is 9.54. The van der Waals surface area contributed by atoms with Gasteiger partial charge in [-0.15, -0.1) is 0 Å². The molecule has 0 saturated heterocycles. The average molecular weight is 543 g/mol. The average Bonchev–Trinajstić information content (AvgIpc) is 3.37. The van der Waals surface area contributed by atoms with Crippen LogP contribution in [-0.2, 0) is 0 Å². The van der Waals surface area contributed by atoms with Crippen molar-refractivity contribution in [3.05, 3.63) is 147 Å². The minimum atomic E-state index is -0.109. The van der Waals surface area contributed by atoms with E-state index < -0.39 is 0 Å². The maximum Gasteiger partial charge on any atom is 0.0631 e. The summed E-state index contributed by atoms with van der Waals surface area (Å²) in [5.74, 6) is 0.652. The third-order valence-corrected chi connectivity index (χ3v) is 9.93. The number of hydrogen-bond acceptors (Lipinski definition) is 2. The van der Waals surface area contributed by atoms with Gasteiger partial charge in [-0.25, -0.2) is 0 Å². The highest BCUT2D eigenvalue weighted by atomic mass is 14.8. The van der Waals surface area contributed by atoms with Gasteiger partial charge in [-0.05, 0) is 99.2 Å². The third-order valence-electron chi connectivity index (χ3n) is 9.93. The number of benzene rings is 3. The Morgan fingerprint density at radius 1 is 0.595 bits per heavy atom. The second-order valence-corrected chi connectivity index (χ2v) is 12.0. The molecule has 42 heavy (non-hydrogen) atoms. The van der Waals surface area contributed by atoms with Crippen molar-refractivity contribution in [3.63, 3.8) is 0 Å². The first-order chi connectivity index (χ1) is 20.8. The van der Waals surface area contributed by atoms with Crippen molar-refractivity contribution in [2.45, 2.75) is 32.1 Å². The van der Waals surface area contributed by atoms with E-state index in [9.17, 15) is 0 Å². The summed E-state index contributed by atoms with van der Waals surface area (Å²) >= 11 is 0. The van der Waals surface area contributed by atoms with Crippen molar-refractivity contribution in [3.8, 4) is 0 Å². The van der Waals surface area contributed by atoms with Gasteiger partial charge in [-0.2, -0.15) is 0 Å². The van der Waals surface area contributed by atoms with Gasteiger partial charge >= 0.3 is 0 Å². The first-order valence-electron chi connectivity index (χ1n) is 15.3. The van der Waals surface area contributed by atoms with Crippen molar-refractivity contribution in [1.29, 1.82) is 0 Å². The van der Waals surface area contributed by atoms with E-state index in [1.807, 2.05) is 12.4 Å². The number of rotatable bonds is 3. The summed E-state index contributed by atoms with van der Waals surface area (Å²) in [6.07, 6.45) is 25.9. The lowest BCUT2D eigenvalue weighted by Crippen LogP contribution is -2.45. The minimum absolute atomic E-state index is 0.109. The fraction of sp³-hybridized carbons (Fsp3) is 0.200. The monoisotopic (exact) mass is 542 g/mol. The third kappa shape index (κ3) is 4.09. The Morgan fingerprint density at radius 2 is 1.14 bits per heavy atom. The van der Waals surface area contributed by atoms with E-state index in [1.54, 1.807) is 0 Å². The number of aliphatic imine (C=N–C) groups is 2. The van der Waals surface area contributed by atoms with Crippen LogP contribution in [0.3, 0.4) is 0 Å². The van der Waals surface area contributed by atoms with Crippen LogP contribution in [0.2, 0.25) is 0 Å². The maximum absolute atomic E-state index is 5.03. The molecular formula is C40H34N2. The highest BCUT2D eigenvalue weighted by molar-refractivity contribution is 5.95. The highest BCUT2D eigenvalue weighted by Gasteiger charge is 2.49. The van der Waals surface area contributed by atoms with Crippen LogP contribution in [0.5, 0.6) is 0 Å². The predicted octanol–water partition coefficient (Wildman–Crippen LogP) is 6.04. The molecule has 2 heteroatoms. The Balaban J connectivity index is 1.39. The number of nitrogens with zero attached hydrogens (tertiary/aromatic N) is 2. The van der Waals surface area contributed by atoms with Crippen molar-refractivity contribution in [2.24, 2.45) is 27.2 Å². The van der Waals surface area contributed by atoms with Gasteiger partial charge in [0.1, 0.15) is 0 Å². The van der Waals surface area contributed by atoms with E-state index >= 15 is 0 Å². The smallest absolute Gasteiger partial charge is 0.0631 e. The van der Waals surface area contributed by atoms with Gasteiger partial charge in [0.05, 0.1) is 11.4 Å². The standard InChI is InChI=1S/C40H34N2/c1-2-10-28(11-3-1)29-20-24-40(25-21-29,34-16-8-18-36-38(34)32-14-6-4-12-30(32)22-26-41-36)35-17-9-19-37-39(35)33-15-7-5-13-31(33)23-27-42-37/h1-7,10-15,18-24,26-27,34-35H,8-9,16-17,25H2. The Kier molecular flexibility index (Phi) is 6.21. The summed E-state index contributed by atoms with van der Waals surface area (Å²) < 4.78 is 0. The van der Waals surface area contributed by atoms with Gasteiger partial charge in [-0.3, -0.25) is 9.98 Å². The molecular weight excluding hydrogens is 508 g/mol. The second kappa shape index (κ2) is 10.4. The molecule has 2 aliphatic heterocycles. The lowest BCUT2D eigenvalue weighted by molar-refractivity contribution is 0.188. The van der Waals surface area contributed by atoms with Crippen LogP contribution in [0.1, 0.15) is 37.7 Å². The Morgan fingerprint density at radius 3 is 1.69 bits per heavy atom. The molecule has 204 valence electrons. The predicted molar refractivity (Wildman–Crippen MR) is 176 cm³/mol. The molecule has 0 amide bonds. The van der Waals surface area contributed by atoms with Crippen molar-refractivity contribution in [2.75, 3.05) is 0 Å². The summed E-state index contributed by atoms with van der Waals surface area (Å²) in [5.41, 5.74) is 7.63. The quantitative estimate of drug-likeness (QED) is 0.386. The topological polar surface area (TPSA) is 24.7 Å². The molecule has 3 aromatic rings. The second-order valence-electron chi connectivity index (χ2n) is 12.0. The van der Waals surface area contributed by atoms with Crippen LogP contribution in [-0.4, -0.2) is 12.4 Å². The molecule has 2 heterocycles. The number of allylic oxidation sites excluding steroid dienone is 8. The maximum atomic E-state index is 5.03. The van der Waals surface area contributed by atoms with Crippen LogP contribution in [0, 0.1) is 17.3 Å². The summed E-state index contributed by atoms with van der Waals surface area (Å²) in [6.45, 7) is 0. The van der Waals surface area contributed by atoms with Gasteiger partial charge in [0.15, 0.2) is 0 Å². The van der Waals surface area contributed by atoms with Gasteiger partial charge in [0.2, 0.25) is 0 Å². The van der Waals surface area contributed by atoms with Gasteiger partial charge < -0.3 is 0 Å². The largest absolute Gasteiger partial charge is 0.257 e.